The van der Waals surface area contributed by atoms with Crippen LogP contribution in [0.2, 0.25) is 0 Å². The van der Waals surface area contributed by atoms with Crippen LogP contribution in [0.5, 0.6) is 5.75 Å². The van der Waals surface area contributed by atoms with Crippen LogP contribution in [0.15, 0.2) is 23.1 Å². The molecule has 1 saturated heterocycles. The summed E-state index contributed by atoms with van der Waals surface area (Å²) in [7, 11) is -2.35. The SMILES string of the molecule is CCOc1ccc(S(=O)(=O)N(C)C2(C)CCOC2)cc1C(=O)O. The summed E-state index contributed by atoms with van der Waals surface area (Å²) < 4.78 is 37.4. The molecule has 1 heterocycles. The second kappa shape index (κ2) is 6.46. The van der Waals surface area contributed by atoms with Gasteiger partial charge in [0.05, 0.1) is 23.6 Å². The Morgan fingerprint density at radius 1 is 1.48 bits per heavy atom. The number of aromatic carboxylic acids is 1. The summed E-state index contributed by atoms with van der Waals surface area (Å²) >= 11 is 0. The van der Waals surface area contributed by atoms with Crippen molar-refractivity contribution in [2.75, 3.05) is 26.9 Å². The van der Waals surface area contributed by atoms with Crippen LogP contribution in [0.3, 0.4) is 0 Å². The third-order valence-corrected chi connectivity index (χ3v) is 6.11. The highest BCUT2D eigenvalue weighted by Crippen LogP contribution is 2.31. The van der Waals surface area contributed by atoms with E-state index in [1.54, 1.807) is 6.92 Å². The van der Waals surface area contributed by atoms with Gasteiger partial charge in [0.1, 0.15) is 11.3 Å². The van der Waals surface area contributed by atoms with Crippen molar-refractivity contribution in [3.05, 3.63) is 23.8 Å². The minimum absolute atomic E-state index is 0.0750. The highest BCUT2D eigenvalue weighted by Gasteiger charge is 2.41. The molecule has 1 aliphatic heterocycles. The molecule has 1 unspecified atom stereocenters. The van der Waals surface area contributed by atoms with Crippen molar-refractivity contribution in [3.63, 3.8) is 0 Å². The van der Waals surface area contributed by atoms with Gasteiger partial charge in [-0.15, -0.1) is 0 Å². The topological polar surface area (TPSA) is 93.1 Å². The Balaban J connectivity index is 2.43. The smallest absolute Gasteiger partial charge is 0.339 e. The minimum Gasteiger partial charge on any atom is -0.493 e. The third kappa shape index (κ3) is 3.34. The molecule has 0 saturated carbocycles. The van der Waals surface area contributed by atoms with E-state index in [1.807, 2.05) is 6.92 Å². The highest BCUT2D eigenvalue weighted by atomic mass is 32.2. The molecular formula is C15H21NO6S. The van der Waals surface area contributed by atoms with Crippen LogP contribution in [-0.2, 0) is 14.8 Å². The lowest BCUT2D eigenvalue weighted by molar-refractivity contribution is 0.0692. The van der Waals surface area contributed by atoms with E-state index in [2.05, 4.69) is 0 Å². The first-order chi connectivity index (χ1) is 10.7. The molecule has 1 fully saturated rings. The van der Waals surface area contributed by atoms with E-state index in [0.717, 1.165) is 6.07 Å². The van der Waals surface area contributed by atoms with Crippen molar-refractivity contribution in [1.82, 2.24) is 4.31 Å². The Morgan fingerprint density at radius 2 is 2.17 bits per heavy atom. The summed E-state index contributed by atoms with van der Waals surface area (Å²) in [5, 5.41) is 9.27. The number of sulfonamides is 1. The first kappa shape index (κ1) is 17.7. The number of hydrogen-bond donors (Lipinski definition) is 1. The van der Waals surface area contributed by atoms with E-state index < -0.39 is 21.5 Å². The number of carboxylic acid groups (broad SMARTS) is 1. The second-order valence-electron chi connectivity index (χ2n) is 5.67. The first-order valence-electron chi connectivity index (χ1n) is 7.29. The molecule has 7 nitrogen and oxygen atoms in total. The summed E-state index contributed by atoms with van der Waals surface area (Å²) in [6.07, 6.45) is 0.589. The average Bonchev–Trinajstić information content (AvgIpc) is 2.94. The molecule has 1 aromatic carbocycles. The Bertz CT molecular complexity index is 694. The van der Waals surface area contributed by atoms with Crippen LogP contribution in [0, 0.1) is 0 Å². The zero-order chi connectivity index (χ0) is 17.3. The molecule has 1 atom stereocenters. The largest absolute Gasteiger partial charge is 0.493 e. The molecule has 0 aliphatic carbocycles. The fraction of sp³-hybridized carbons (Fsp3) is 0.533. The maximum Gasteiger partial charge on any atom is 0.339 e. The van der Waals surface area contributed by atoms with Crippen LogP contribution in [0.4, 0.5) is 0 Å². The monoisotopic (exact) mass is 343 g/mol. The Labute approximate surface area is 135 Å². The minimum atomic E-state index is -3.83. The maximum absolute atomic E-state index is 12.8. The Kier molecular flexibility index (Phi) is 4.98. The van der Waals surface area contributed by atoms with Crippen LogP contribution in [0.1, 0.15) is 30.6 Å². The summed E-state index contributed by atoms with van der Waals surface area (Å²) in [6, 6.07) is 3.88. The summed E-state index contributed by atoms with van der Waals surface area (Å²) in [4.78, 5) is 11.3. The van der Waals surface area contributed by atoms with Gasteiger partial charge in [0, 0.05) is 13.7 Å². The van der Waals surface area contributed by atoms with Gasteiger partial charge >= 0.3 is 5.97 Å². The van der Waals surface area contributed by atoms with Crippen LogP contribution in [-0.4, -0.2) is 56.2 Å². The lowest BCUT2D eigenvalue weighted by atomic mass is 10.0. The number of benzene rings is 1. The molecule has 128 valence electrons. The average molecular weight is 343 g/mol. The van der Waals surface area contributed by atoms with Gasteiger partial charge in [-0.2, -0.15) is 4.31 Å². The molecule has 0 radical (unpaired) electrons. The lowest BCUT2D eigenvalue weighted by Crippen LogP contribution is -2.47. The Hall–Kier alpha value is -1.64. The number of nitrogens with zero attached hydrogens (tertiary/aromatic N) is 1. The molecule has 1 aromatic rings. The van der Waals surface area contributed by atoms with Crippen molar-refractivity contribution >= 4 is 16.0 Å². The first-order valence-corrected chi connectivity index (χ1v) is 8.73. The van der Waals surface area contributed by atoms with Gasteiger partial charge in [-0.1, -0.05) is 0 Å². The van der Waals surface area contributed by atoms with E-state index in [0.29, 0.717) is 26.2 Å². The lowest BCUT2D eigenvalue weighted by Gasteiger charge is -2.33. The number of hydrogen-bond acceptors (Lipinski definition) is 5. The molecular weight excluding hydrogens is 322 g/mol. The molecule has 1 aliphatic rings. The van der Waals surface area contributed by atoms with Crippen LogP contribution in [0.25, 0.3) is 0 Å². The standard InChI is InChI=1S/C15H21NO6S/c1-4-22-13-6-5-11(9-12(13)14(17)18)23(19,20)16(3)15(2)7-8-21-10-15/h5-6,9H,4,7-8,10H2,1-3H3,(H,17,18). The van der Waals surface area contributed by atoms with E-state index in [1.165, 1.54) is 23.5 Å². The molecule has 0 aromatic heterocycles. The van der Waals surface area contributed by atoms with E-state index in [-0.39, 0.29) is 16.2 Å². The fourth-order valence-electron chi connectivity index (χ4n) is 2.47. The van der Waals surface area contributed by atoms with Crippen molar-refractivity contribution in [2.24, 2.45) is 0 Å². The normalized spacial score (nSPS) is 21.6. The third-order valence-electron chi connectivity index (χ3n) is 4.10. The molecule has 1 N–H and O–H groups in total. The zero-order valence-electron chi connectivity index (χ0n) is 13.4. The quantitative estimate of drug-likeness (QED) is 0.843. The number of carbonyl (C=O) groups is 1. The van der Waals surface area contributed by atoms with Gasteiger partial charge in [0.2, 0.25) is 10.0 Å². The molecule has 8 heteroatoms. The van der Waals surface area contributed by atoms with Crippen LogP contribution < -0.4 is 4.74 Å². The summed E-state index contributed by atoms with van der Waals surface area (Å²) in [5.41, 5.74) is -0.810. The summed E-state index contributed by atoms with van der Waals surface area (Å²) in [5.74, 6) is -1.08. The van der Waals surface area contributed by atoms with Gasteiger partial charge in [0.25, 0.3) is 0 Å². The number of likely N-dealkylation sites (N-methyl/N-ethyl adjacent to an activating group) is 1. The second-order valence-corrected chi connectivity index (χ2v) is 7.64. The van der Waals surface area contributed by atoms with Crippen molar-refractivity contribution in [3.8, 4) is 5.75 Å². The predicted octanol–water partition coefficient (Wildman–Crippen LogP) is 1.58. The number of carboxylic acids is 1. The van der Waals surface area contributed by atoms with Gasteiger partial charge in [-0.25, -0.2) is 13.2 Å². The fourth-order valence-corrected chi connectivity index (χ4v) is 4.02. The van der Waals surface area contributed by atoms with Crippen molar-refractivity contribution < 1.29 is 27.8 Å². The molecule has 2 rings (SSSR count). The van der Waals surface area contributed by atoms with Crippen LogP contribution >= 0.6 is 0 Å². The maximum atomic E-state index is 12.8. The van der Waals surface area contributed by atoms with Gasteiger partial charge in [0.15, 0.2) is 0 Å². The number of rotatable bonds is 6. The van der Waals surface area contributed by atoms with Gasteiger partial charge in [-0.3, -0.25) is 0 Å². The van der Waals surface area contributed by atoms with E-state index in [4.69, 9.17) is 9.47 Å². The molecule has 0 amide bonds. The van der Waals surface area contributed by atoms with Crippen molar-refractivity contribution in [2.45, 2.75) is 30.7 Å². The summed E-state index contributed by atoms with van der Waals surface area (Å²) in [6.45, 7) is 4.64. The van der Waals surface area contributed by atoms with Crippen molar-refractivity contribution in [1.29, 1.82) is 0 Å². The highest BCUT2D eigenvalue weighted by molar-refractivity contribution is 7.89. The predicted molar refractivity (Wildman–Crippen MR) is 83.4 cm³/mol. The van der Waals surface area contributed by atoms with E-state index >= 15 is 0 Å². The van der Waals surface area contributed by atoms with E-state index in [9.17, 15) is 18.3 Å². The Morgan fingerprint density at radius 3 is 2.70 bits per heavy atom. The molecule has 0 spiro atoms. The zero-order valence-corrected chi connectivity index (χ0v) is 14.2. The molecule has 23 heavy (non-hydrogen) atoms. The van der Waals surface area contributed by atoms with Gasteiger partial charge in [-0.05, 0) is 38.5 Å². The number of ether oxygens (including phenoxy) is 2. The molecule has 0 bridgehead atoms. The van der Waals surface area contributed by atoms with Gasteiger partial charge < -0.3 is 14.6 Å².